The summed E-state index contributed by atoms with van der Waals surface area (Å²) in [6.45, 7) is 3.06. The number of aromatic nitrogens is 2. The van der Waals surface area contributed by atoms with Gasteiger partial charge in [0, 0.05) is 18.0 Å². The summed E-state index contributed by atoms with van der Waals surface area (Å²) in [5.41, 5.74) is 3.62. The van der Waals surface area contributed by atoms with Gasteiger partial charge in [0.2, 0.25) is 0 Å². The molecule has 0 radical (unpaired) electrons. The number of hydrogen-bond donors (Lipinski definition) is 3. The summed E-state index contributed by atoms with van der Waals surface area (Å²) in [6.07, 6.45) is 2.37. The van der Waals surface area contributed by atoms with Crippen LogP contribution in [0.15, 0.2) is 48.5 Å². The van der Waals surface area contributed by atoms with Crippen molar-refractivity contribution in [3.63, 3.8) is 0 Å². The van der Waals surface area contributed by atoms with Crippen LogP contribution in [0.5, 0.6) is 0 Å². The first-order chi connectivity index (χ1) is 14.2. The molecule has 7 heteroatoms. The average molecular weight is 392 g/mol. The molecule has 3 aliphatic heterocycles. The molecule has 3 N–H and O–H groups in total. The van der Waals surface area contributed by atoms with E-state index < -0.39 is 0 Å². The fourth-order valence-corrected chi connectivity index (χ4v) is 4.36. The van der Waals surface area contributed by atoms with Gasteiger partial charge in [0.25, 0.3) is 12.4 Å². The smallest absolute Gasteiger partial charge is 0.290 e. The summed E-state index contributed by atoms with van der Waals surface area (Å²) in [5.74, 6) is 0.536. The lowest BCUT2D eigenvalue weighted by Gasteiger charge is -2.44. The molecule has 2 aromatic carbocycles. The minimum Gasteiger partial charge on any atom is -0.483 e. The van der Waals surface area contributed by atoms with E-state index in [2.05, 4.69) is 44.7 Å². The Morgan fingerprint density at radius 1 is 1.14 bits per heavy atom. The first kappa shape index (κ1) is 19.1. The van der Waals surface area contributed by atoms with E-state index in [-0.39, 0.29) is 18.4 Å². The highest BCUT2D eigenvalue weighted by molar-refractivity contribution is 6.05. The summed E-state index contributed by atoms with van der Waals surface area (Å²) >= 11 is 0. The van der Waals surface area contributed by atoms with Crippen molar-refractivity contribution in [1.82, 2.24) is 20.4 Å². The molecule has 1 aromatic heterocycles. The van der Waals surface area contributed by atoms with Crippen molar-refractivity contribution in [2.75, 3.05) is 19.6 Å². The van der Waals surface area contributed by atoms with Crippen LogP contribution in [0, 0.1) is 5.92 Å². The molecule has 7 nitrogen and oxygen atoms in total. The zero-order chi connectivity index (χ0) is 20.2. The number of aromatic amines is 1. The molecule has 3 aliphatic rings. The Bertz CT molecular complexity index is 994. The van der Waals surface area contributed by atoms with E-state index in [0.29, 0.717) is 11.6 Å². The van der Waals surface area contributed by atoms with E-state index in [1.807, 2.05) is 24.3 Å². The number of carbonyl (C=O) groups excluding carboxylic acids is 1. The average Bonchev–Trinajstić information content (AvgIpc) is 3.19. The van der Waals surface area contributed by atoms with E-state index in [1.54, 1.807) is 0 Å². The third kappa shape index (κ3) is 4.00. The van der Waals surface area contributed by atoms with E-state index in [9.17, 15) is 4.79 Å². The summed E-state index contributed by atoms with van der Waals surface area (Å²) in [7, 11) is 0. The highest BCUT2D eigenvalue weighted by atomic mass is 16.3. The van der Waals surface area contributed by atoms with Crippen molar-refractivity contribution >= 4 is 23.3 Å². The lowest BCUT2D eigenvalue weighted by molar-refractivity contribution is -0.122. The van der Waals surface area contributed by atoms with Crippen molar-refractivity contribution in [1.29, 1.82) is 0 Å². The maximum Gasteiger partial charge on any atom is 0.290 e. The number of fused-ring (bicyclic) bond motifs is 4. The van der Waals surface area contributed by atoms with Gasteiger partial charge in [-0.25, -0.2) is 0 Å². The van der Waals surface area contributed by atoms with Gasteiger partial charge in [-0.05, 0) is 55.1 Å². The lowest BCUT2D eigenvalue weighted by atomic mass is 9.84. The molecule has 6 rings (SSSR count). The van der Waals surface area contributed by atoms with Crippen LogP contribution in [0.2, 0.25) is 0 Å². The van der Waals surface area contributed by atoms with Crippen LogP contribution in [0.25, 0.3) is 22.0 Å². The van der Waals surface area contributed by atoms with E-state index in [0.717, 1.165) is 28.6 Å². The van der Waals surface area contributed by atoms with Crippen LogP contribution >= 0.6 is 0 Å². The number of piperidine rings is 3. The predicted molar refractivity (Wildman–Crippen MR) is 111 cm³/mol. The Hall–Kier alpha value is -3.19. The highest BCUT2D eigenvalue weighted by Gasteiger charge is 2.35. The van der Waals surface area contributed by atoms with Gasteiger partial charge in [-0.15, -0.1) is 0 Å². The number of nitrogens with zero attached hydrogens (tertiary/aromatic N) is 2. The number of benzene rings is 2. The summed E-state index contributed by atoms with van der Waals surface area (Å²) in [5, 5.41) is 18.3. The Balaban J connectivity index is 0.000000645. The van der Waals surface area contributed by atoms with E-state index in [4.69, 9.17) is 9.90 Å². The Labute approximate surface area is 168 Å². The molecule has 1 amide bonds. The van der Waals surface area contributed by atoms with Gasteiger partial charge < -0.3 is 15.3 Å². The number of carbonyl (C=O) groups is 2. The first-order valence-electron chi connectivity index (χ1n) is 9.84. The van der Waals surface area contributed by atoms with Crippen molar-refractivity contribution in [2.24, 2.45) is 5.92 Å². The molecule has 3 saturated heterocycles. The molecule has 29 heavy (non-hydrogen) atoms. The molecule has 0 spiro atoms. The minimum absolute atomic E-state index is 0.0692. The van der Waals surface area contributed by atoms with E-state index >= 15 is 0 Å². The van der Waals surface area contributed by atoms with Gasteiger partial charge in [0.1, 0.15) is 0 Å². The number of H-pyrrole nitrogens is 1. The monoisotopic (exact) mass is 392 g/mol. The summed E-state index contributed by atoms with van der Waals surface area (Å²) < 4.78 is 0. The van der Waals surface area contributed by atoms with Gasteiger partial charge in [0.05, 0.1) is 5.52 Å². The van der Waals surface area contributed by atoms with Gasteiger partial charge >= 0.3 is 0 Å². The van der Waals surface area contributed by atoms with Crippen LogP contribution in [0.1, 0.15) is 23.3 Å². The number of carboxylic acid groups (broad SMARTS) is 1. The number of nitrogens with one attached hydrogen (secondary N) is 2. The molecule has 0 saturated carbocycles. The largest absolute Gasteiger partial charge is 0.483 e. The van der Waals surface area contributed by atoms with Crippen molar-refractivity contribution < 1.29 is 14.7 Å². The second-order valence-electron chi connectivity index (χ2n) is 7.52. The standard InChI is InChI=1S/C21H22N4O.CH2O2/c26-21(22-19-13-25-10-8-15(19)9-11-25)20-17-12-16(6-7-18(17)23-24-20)14-4-2-1-3-5-14;2-1-3/h1-7,12,15,19H,8-11,13H2,(H,22,26)(H,23,24);1H,(H,2,3)/t19-;/m0./s1. The lowest BCUT2D eigenvalue weighted by Crippen LogP contribution is -2.57. The normalized spacial score (nSPS) is 22.6. The molecule has 1 atom stereocenters. The molecule has 3 fully saturated rings. The highest BCUT2D eigenvalue weighted by Crippen LogP contribution is 2.29. The van der Waals surface area contributed by atoms with Crippen LogP contribution < -0.4 is 5.32 Å². The second-order valence-corrected chi connectivity index (χ2v) is 7.52. The van der Waals surface area contributed by atoms with Crippen molar-refractivity contribution in [3.05, 3.63) is 54.2 Å². The van der Waals surface area contributed by atoms with E-state index in [1.165, 1.54) is 25.9 Å². The van der Waals surface area contributed by atoms with Crippen molar-refractivity contribution in [3.8, 4) is 11.1 Å². The van der Waals surface area contributed by atoms with Crippen LogP contribution in [0.4, 0.5) is 0 Å². The topological polar surface area (TPSA) is 98.3 Å². The molecular formula is C22H24N4O3. The maximum atomic E-state index is 12.9. The Kier molecular flexibility index (Phi) is 5.57. The van der Waals surface area contributed by atoms with Gasteiger partial charge in [0.15, 0.2) is 5.69 Å². The minimum atomic E-state index is -0.250. The number of amides is 1. The third-order valence-electron chi connectivity index (χ3n) is 5.86. The maximum absolute atomic E-state index is 12.9. The quantitative estimate of drug-likeness (QED) is 0.596. The zero-order valence-corrected chi connectivity index (χ0v) is 16.0. The second kappa shape index (κ2) is 8.45. The molecule has 0 unspecified atom stereocenters. The van der Waals surface area contributed by atoms with Gasteiger partial charge in [-0.2, -0.15) is 5.10 Å². The third-order valence-corrected chi connectivity index (χ3v) is 5.86. The molecule has 0 aliphatic carbocycles. The molecule has 2 bridgehead atoms. The molecular weight excluding hydrogens is 368 g/mol. The number of hydrogen-bond acceptors (Lipinski definition) is 4. The number of rotatable bonds is 3. The van der Waals surface area contributed by atoms with Gasteiger partial charge in [-0.1, -0.05) is 36.4 Å². The Morgan fingerprint density at radius 3 is 2.52 bits per heavy atom. The first-order valence-corrected chi connectivity index (χ1v) is 9.84. The van der Waals surface area contributed by atoms with Crippen LogP contribution in [-0.2, 0) is 4.79 Å². The summed E-state index contributed by atoms with van der Waals surface area (Å²) in [6, 6.07) is 16.6. The molecule has 4 heterocycles. The van der Waals surface area contributed by atoms with Crippen molar-refractivity contribution in [2.45, 2.75) is 18.9 Å². The van der Waals surface area contributed by atoms with Gasteiger partial charge in [-0.3, -0.25) is 14.7 Å². The van der Waals surface area contributed by atoms with Crippen LogP contribution in [0.3, 0.4) is 0 Å². The predicted octanol–water partition coefficient (Wildman–Crippen LogP) is 2.75. The fraction of sp³-hybridized carbons (Fsp3) is 0.318. The molecule has 3 aromatic rings. The SMILES string of the molecule is O=C(N[C@H]1CN2CCC1CC2)c1n[nH]c2ccc(-c3ccccc3)cc12.O=CO. The zero-order valence-electron chi connectivity index (χ0n) is 16.0. The Morgan fingerprint density at radius 2 is 1.86 bits per heavy atom. The molecule has 150 valence electrons. The van der Waals surface area contributed by atoms with Crippen LogP contribution in [-0.4, -0.2) is 58.3 Å². The fourth-order valence-electron chi connectivity index (χ4n) is 4.36. The summed E-state index contributed by atoms with van der Waals surface area (Å²) in [4.78, 5) is 23.7.